The Labute approximate surface area is 85.9 Å². The van der Waals surface area contributed by atoms with E-state index < -0.39 is 0 Å². The fraction of sp³-hybridized carbons (Fsp3) is 0.462. The number of rotatable bonds is 2. The monoisotopic (exact) mass is 187 g/mol. The van der Waals surface area contributed by atoms with Crippen molar-refractivity contribution in [3.8, 4) is 0 Å². The molecule has 1 aliphatic carbocycles. The maximum absolute atomic E-state index is 4.25. The smallest absolute Gasteiger partial charge is 0.0580 e. The number of aliphatic imine (C=N–C) groups is 1. The highest BCUT2D eigenvalue weighted by molar-refractivity contribution is 5.90. The van der Waals surface area contributed by atoms with Crippen LogP contribution in [0.15, 0.2) is 38.9 Å². The minimum Gasteiger partial charge on any atom is -0.288 e. The molecule has 74 valence electrons. The zero-order valence-corrected chi connectivity index (χ0v) is 9.22. The maximum atomic E-state index is 4.25. The van der Waals surface area contributed by atoms with Gasteiger partial charge in [0.1, 0.15) is 0 Å². The second-order valence-corrected chi connectivity index (χ2v) is 4.07. The highest BCUT2D eigenvalue weighted by atomic mass is 14.7. The summed E-state index contributed by atoms with van der Waals surface area (Å²) in [5.41, 5.74) is 7.40. The van der Waals surface area contributed by atoms with Gasteiger partial charge < -0.3 is 0 Å². The van der Waals surface area contributed by atoms with Crippen molar-refractivity contribution in [2.45, 2.75) is 33.6 Å². The SMILES string of the molecule is CCC1=C(C)C(C2=CCN=C2)=C(C)C1. The molecule has 0 saturated carbocycles. The van der Waals surface area contributed by atoms with Crippen LogP contribution in [-0.2, 0) is 0 Å². The molecule has 2 aliphatic rings. The quantitative estimate of drug-likeness (QED) is 0.628. The van der Waals surface area contributed by atoms with E-state index in [1.165, 1.54) is 35.1 Å². The maximum Gasteiger partial charge on any atom is 0.0580 e. The lowest BCUT2D eigenvalue weighted by molar-refractivity contribution is 1.00. The molecule has 1 heterocycles. The van der Waals surface area contributed by atoms with Crippen molar-refractivity contribution in [2.24, 2.45) is 4.99 Å². The Morgan fingerprint density at radius 3 is 2.64 bits per heavy atom. The Balaban J connectivity index is 2.38. The van der Waals surface area contributed by atoms with Gasteiger partial charge >= 0.3 is 0 Å². The van der Waals surface area contributed by atoms with Crippen LogP contribution in [0, 0.1) is 0 Å². The van der Waals surface area contributed by atoms with Gasteiger partial charge in [-0.05, 0) is 43.4 Å². The van der Waals surface area contributed by atoms with Crippen LogP contribution in [0.2, 0.25) is 0 Å². The van der Waals surface area contributed by atoms with Crippen molar-refractivity contribution < 1.29 is 0 Å². The Bertz CT molecular complexity index is 378. The van der Waals surface area contributed by atoms with Crippen LogP contribution in [-0.4, -0.2) is 12.8 Å². The van der Waals surface area contributed by atoms with Crippen molar-refractivity contribution in [1.82, 2.24) is 0 Å². The van der Waals surface area contributed by atoms with Gasteiger partial charge in [0.25, 0.3) is 0 Å². The summed E-state index contributed by atoms with van der Waals surface area (Å²) in [5.74, 6) is 0. The summed E-state index contributed by atoms with van der Waals surface area (Å²) in [5, 5.41) is 0. The van der Waals surface area contributed by atoms with Gasteiger partial charge in [0, 0.05) is 6.21 Å². The third-order valence-corrected chi connectivity index (χ3v) is 3.17. The second-order valence-electron chi connectivity index (χ2n) is 4.07. The first-order valence-corrected chi connectivity index (χ1v) is 5.33. The predicted octanol–water partition coefficient (Wildman–Crippen LogP) is 3.44. The molecular weight excluding hydrogens is 170 g/mol. The van der Waals surface area contributed by atoms with Gasteiger partial charge in [-0.3, -0.25) is 4.99 Å². The van der Waals surface area contributed by atoms with E-state index in [0.717, 1.165) is 6.54 Å². The normalized spacial score (nSPS) is 21.2. The van der Waals surface area contributed by atoms with E-state index in [2.05, 4.69) is 31.8 Å². The van der Waals surface area contributed by atoms with E-state index in [1.54, 1.807) is 5.57 Å². The number of nitrogens with zero attached hydrogens (tertiary/aromatic N) is 1. The molecule has 1 heteroatoms. The average molecular weight is 187 g/mol. The molecule has 1 nitrogen and oxygen atoms in total. The molecule has 0 radical (unpaired) electrons. The first-order valence-electron chi connectivity index (χ1n) is 5.33. The molecule has 0 bridgehead atoms. The van der Waals surface area contributed by atoms with Gasteiger partial charge in [-0.15, -0.1) is 0 Å². The first kappa shape index (κ1) is 9.45. The summed E-state index contributed by atoms with van der Waals surface area (Å²) < 4.78 is 0. The van der Waals surface area contributed by atoms with Crippen molar-refractivity contribution in [2.75, 3.05) is 6.54 Å². The summed E-state index contributed by atoms with van der Waals surface area (Å²) in [6, 6.07) is 0. The molecule has 14 heavy (non-hydrogen) atoms. The van der Waals surface area contributed by atoms with Crippen LogP contribution in [0.4, 0.5) is 0 Å². The molecule has 0 unspecified atom stereocenters. The highest BCUT2D eigenvalue weighted by Crippen LogP contribution is 2.37. The molecule has 0 amide bonds. The van der Waals surface area contributed by atoms with Crippen LogP contribution in [0.25, 0.3) is 0 Å². The van der Waals surface area contributed by atoms with Gasteiger partial charge in [0.15, 0.2) is 0 Å². The highest BCUT2D eigenvalue weighted by Gasteiger charge is 2.20. The number of hydrogen-bond donors (Lipinski definition) is 0. The molecule has 0 spiro atoms. The fourth-order valence-corrected chi connectivity index (χ4v) is 2.41. The lowest BCUT2D eigenvalue weighted by atomic mass is 9.99. The van der Waals surface area contributed by atoms with Crippen LogP contribution in [0.5, 0.6) is 0 Å². The summed E-state index contributed by atoms with van der Waals surface area (Å²) in [7, 11) is 0. The van der Waals surface area contributed by atoms with Gasteiger partial charge in [0.2, 0.25) is 0 Å². The van der Waals surface area contributed by atoms with Gasteiger partial charge in [-0.2, -0.15) is 0 Å². The predicted molar refractivity (Wildman–Crippen MR) is 61.8 cm³/mol. The molecule has 0 fully saturated rings. The average Bonchev–Trinajstić information content (AvgIpc) is 2.74. The Morgan fingerprint density at radius 1 is 1.36 bits per heavy atom. The second kappa shape index (κ2) is 3.56. The van der Waals surface area contributed by atoms with Crippen molar-refractivity contribution in [3.05, 3.63) is 33.9 Å². The van der Waals surface area contributed by atoms with E-state index in [4.69, 9.17) is 0 Å². The molecular formula is C13H17N. The van der Waals surface area contributed by atoms with E-state index in [-0.39, 0.29) is 0 Å². The van der Waals surface area contributed by atoms with E-state index in [1.807, 2.05) is 6.21 Å². The van der Waals surface area contributed by atoms with Crippen LogP contribution in [0.3, 0.4) is 0 Å². The standard InChI is InChI=1S/C13H17N/c1-4-11-7-9(2)13(10(11)3)12-5-6-14-8-12/h5,8H,4,6-7H2,1-3H3. The summed E-state index contributed by atoms with van der Waals surface area (Å²) >= 11 is 0. The van der Waals surface area contributed by atoms with Gasteiger partial charge in [-0.25, -0.2) is 0 Å². The number of hydrogen-bond acceptors (Lipinski definition) is 1. The fourth-order valence-electron chi connectivity index (χ4n) is 2.41. The first-order chi connectivity index (χ1) is 6.74. The van der Waals surface area contributed by atoms with Crippen LogP contribution in [0.1, 0.15) is 33.6 Å². The summed E-state index contributed by atoms with van der Waals surface area (Å²) in [6.07, 6.45) is 6.59. The lowest BCUT2D eigenvalue weighted by Crippen LogP contribution is -1.91. The minimum absolute atomic E-state index is 0.862. The summed E-state index contributed by atoms with van der Waals surface area (Å²) in [4.78, 5) is 4.25. The van der Waals surface area contributed by atoms with Crippen molar-refractivity contribution in [1.29, 1.82) is 0 Å². The van der Waals surface area contributed by atoms with Gasteiger partial charge in [-0.1, -0.05) is 24.1 Å². The molecule has 0 saturated heterocycles. The molecule has 0 atom stereocenters. The molecule has 0 aromatic rings. The minimum atomic E-state index is 0.862. The van der Waals surface area contributed by atoms with Crippen LogP contribution >= 0.6 is 0 Å². The third-order valence-electron chi connectivity index (χ3n) is 3.17. The largest absolute Gasteiger partial charge is 0.288 e. The van der Waals surface area contributed by atoms with Crippen molar-refractivity contribution in [3.63, 3.8) is 0 Å². The third kappa shape index (κ3) is 1.37. The van der Waals surface area contributed by atoms with Crippen molar-refractivity contribution >= 4 is 6.21 Å². The Kier molecular flexibility index (Phi) is 2.40. The topological polar surface area (TPSA) is 12.4 Å². The molecule has 0 N–H and O–H groups in total. The zero-order valence-electron chi connectivity index (χ0n) is 9.22. The Hall–Kier alpha value is -1.11. The van der Waals surface area contributed by atoms with Gasteiger partial charge in [0.05, 0.1) is 6.54 Å². The summed E-state index contributed by atoms with van der Waals surface area (Å²) in [6.45, 7) is 7.60. The van der Waals surface area contributed by atoms with Crippen LogP contribution < -0.4 is 0 Å². The van der Waals surface area contributed by atoms with E-state index in [9.17, 15) is 0 Å². The molecule has 0 aromatic heterocycles. The van der Waals surface area contributed by atoms with E-state index in [0.29, 0.717) is 0 Å². The molecule has 2 rings (SSSR count). The molecule has 1 aliphatic heterocycles. The van der Waals surface area contributed by atoms with E-state index >= 15 is 0 Å². The number of allylic oxidation sites excluding steroid dienone is 5. The lowest BCUT2D eigenvalue weighted by Gasteiger charge is -2.05. The molecule has 0 aromatic carbocycles. The zero-order chi connectivity index (χ0) is 10.1. The Morgan fingerprint density at radius 2 is 2.14 bits per heavy atom.